The monoisotopic (exact) mass is 232 g/mol. The normalized spacial score (nSPS) is 10.1. The van der Waals surface area contributed by atoms with Crippen molar-refractivity contribution in [2.75, 3.05) is 0 Å². The molecule has 0 spiro atoms. The summed E-state index contributed by atoms with van der Waals surface area (Å²) in [7, 11) is 0. The molecule has 0 aromatic carbocycles. The zero-order chi connectivity index (χ0) is 12.3. The molecule has 7 nitrogen and oxygen atoms in total. The van der Waals surface area contributed by atoms with Gasteiger partial charge in [0.25, 0.3) is 5.56 Å². The summed E-state index contributed by atoms with van der Waals surface area (Å²) in [6.45, 7) is 0.0425. The van der Waals surface area contributed by atoms with Gasteiger partial charge in [0, 0.05) is 18.5 Å². The summed E-state index contributed by atoms with van der Waals surface area (Å²) in [5.74, 6) is -0.794. The van der Waals surface area contributed by atoms with Gasteiger partial charge in [-0.25, -0.2) is 19.4 Å². The molecule has 0 aliphatic carbocycles. The maximum absolute atomic E-state index is 11.5. The molecule has 2 aromatic heterocycles. The van der Waals surface area contributed by atoms with Crippen LogP contribution in [0, 0.1) is 0 Å². The Kier molecular flexibility index (Phi) is 2.91. The van der Waals surface area contributed by atoms with E-state index in [1.165, 1.54) is 12.4 Å². The van der Waals surface area contributed by atoms with Crippen molar-refractivity contribution in [1.82, 2.24) is 19.7 Å². The lowest BCUT2D eigenvalue weighted by Gasteiger charge is -2.03. The smallest absolute Gasteiger partial charge is 0.356 e. The Morgan fingerprint density at radius 2 is 2.00 bits per heavy atom. The average Bonchev–Trinajstić information content (AvgIpc) is 2.33. The van der Waals surface area contributed by atoms with Gasteiger partial charge in [0.15, 0.2) is 5.69 Å². The third kappa shape index (κ3) is 2.51. The minimum atomic E-state index is -1.19. The minimum Gasteiger partial charge on any atom is -0.476 e. The number of carboxylic acid groups (broad SMARTS) is 1. The van der Waals surface area contributed by atoms with Crippen molar-refractivity contribution >= 4 is 5.97 Å². The zero-order valence-electron chi connectivity index (χ0n) is 8.65. The molecule has 1 N–H and O–H groups in total. The lowest BCUT2D eigenvalue weighted by molar-refractivity contribution is 0.0687. The van der Waals surface area contributed by atoms with Gasteiger partial charge in [-0.15, -0.1) is 0 Å². The molecule has 86 valence electrons. The van der Waals surface area contributed by atoms with Crippen molar-refractivity contribution < 1.29 is 9.90 Å². The Hall–Kier alpha value is -2.57. The molecule has 2 rings (SSSR count). The SMILES string of the molecule is O=C(O)c1ccc(=O)n(Cc2ncccn2)n1. The Balaban J connectivity index is 2.36. The molecule has 7 heteroatoms. The molecule has 0 atom stereocenters. The number of carboxylic acids is 1. The number of nitrogens with zero attached hydrogens (tertiary/aromatic N) is 4. The molecule has 0 bridgehead atoms. The predicted octanol–water partition coefficient (Wildman–Crippen LogP) is -0.220. The molecule has 0 aliphatic heterocycles. The average molecular weight is 232 g/mol. The van der Waals surface area contributed by atoms with Crippen LogP contribution >= 0.6 is 0 Å². The first kappa shape index (κ1) is 10.9. The Bertz CT molecular complexity index is 594. The molecule has 2 heterocycles. The van der Waals surface area contributed by atoms with Crippen LogP contribution in [0.25, 0.3) is 0 Å². The Morgan fingerprint density at radius 3 is 2.65 bits per heavy atom. The van der Waals surface area contributed by atoms with Crippen LogP contribution in [-0.4, -0.2) is 30.8 Å². The molecule has 0 radical (unpaired) electrons. The van der Waals surface area contributed by atoms with E-state index >= 15 is 0 Å². The van der Waals surface area contributed by atoms with Crippen LogP contribution in [0.5, 0.6) is 0 Å². The fraction of sp³-hybridized carbons (Fsp3) is 0.100. The topological polar surface area (TPSA) is 98.0 Å². The lowest BCUT2D eigenvalue weighted by atomic mass is 10.4. The maximum Gasteiger partial charge on any atom is 0.356 e. The van der Waals surface area contributed by atoms with E-state index in [-0.39, 0.29) is 12.2 Å². The zero-order valence-corrected chi connectivity index (χ0v) is 8.65. The highest BCUT2D eigenvalue weighted by atomic mass is 16.4. The van der Waals surface area contributed by atoms with Crippen molar-refractivity contribution in [3.8, 4) is 0 Å². The van der Waals surface area contributed by atoms with E-state index in [2.05, 4.69) is 15.1 Å². The van der Waals surface area contributed by atoms with Gasteiger partial charge >= 0.3 is 5.97 Å². The highest BCUT2D eigenvalue weighted by molar-refractivity contribution is 5.84. The van der Waals surface area contributed by atoms with Gasteiger partial charge in [-0.2, -0.15) is 5.10 Å². The van der Waals surface area contributed by atoms with Gasteiger partial charge in [0.05, 0.1) is 0 Å². The number of aromatic carboxylic acids is 1. The van der Waals surface area contributed by atoms with Crippen molar-refractivity contribution in [1.29, 1.82) is 0 Å². The van der Waals surface area contributed by atoms with Crippen LogP contribution < -0.4 is 5.56 Å². The Morgan fingerprint density at radius 1 is 1.29 bits per heavy atom. The van der Waals surface area contributed by atoms with Crippen LogP contribution in [0.15, 0.2) is 35.4 Å². The quantitative estimate of drug-likeness (QED) is 0.785. The van der Waals surface area contributed by atoms with Crippen molar-refractivity contribution in [3.05, 3.63) is 52.5 Å². The molecule has 0 saturated heterocycles. The first-order valence-electron chi connectivity index (χ1n) is 4.74. The molecular weight excluding hydrogens is 224 g/mol. The van der Waals surface area contributed by atoms with Crippen LogP contribution in [0.1, 0.15) is 16.3 Å². The number of rotatable bonds is 3. The highest BCUT2D eigenvalue weighted by Crippen LogP contribution is 1.93. The van der Waals surface area contributed by atoms with Gasteiger partial charge in [-0.1, -0.05) is 0 Å². The van der Waals surface area contributed by atoms with Gasteiger partial charge in [-0.3, -0.25) is 4.79 Å². The van der Waals surface area contributed by atoms with E-state index in [1.54, 1.807) is 6.07 Å². The maximum atomic E-state index is 11.5. The summed E-state index contributed by atoms with van der Waals surface area (Å²) in [6.07, 6.45) is 3.07. The van der Waals surface area contributed by atoms with Gasteiger partial charge < -0.3 is 5.11 Å². The number of hydrogen-bond acceptors (Lipinski definition) is 5. The summed E-state index contributed by atoms with van der Waals surface area (Å²) in [4.78, 5) is 30.0. The highest BCUT2D eigenvalue weighted by Gasteiger charge is 2.08. The number of hydrogen-bond donors (Lipinski definition) is 1. The molecule has 17 heavy (non-hydrogen) atoms. The van der Waals surface area contributed by atoms with Crippen LogP contribution in [0.3, 0.4) is 0 Å². The second-order valence-corrected chi connectivity index (χ2v) is 3.18. The first-order valence-corrected chi connectivity index (χ1v) is 4.74. The van der Waals surface area contributed by atoms with Crippen LogP contribution in [0.4, 0.5) is 0 Å². The summed E-state index contributed by atoms with van der Waals surface area (Å²) >= 11 is 0. The Labute approximate surface area is 95.4 Å². The summed E-state index contributed by atoms with van der Waals surface area (Å²) in [5, 5.41) is 12.4. The third-order valence-corrected chi connectivity index (χ3v) is 2.00. The molecule has 2 aromatic rings. The fourth-order valence-corrected chi connectivity index (χ4v) is 1.22. The number of aromatic nitrogens is 4. The van der Waals surface area contributed by atoms with Gasteiger partial charge in [0.2, 0.25) is 0 Å². The van der Waals surface area contributed by atoms with Crippen molar-refractivity contribution in [3.63, 3.8) is 0 Å². The fourth-order valence-electron chi connectivity index (χ4n) is 1.22. The van der Waals surface area contributed by atoms with E-state index in [0.717, 1.165) is 16.8 Å². The van der Waals surface area contributed by atoms with E-state index in [9.17, 15) is 9.59 Å². The van der Waals surface area contributed by atoms with E-state index in [1.807, 2.05) is 0 Å². The minimum absolute atomic E-state index is 0.0425. The molecule has 0 amide bonds. The predicted molar refractivity (Wildman–Crippen MR) is 56.6 cm³/mol. The summed E-state index contributed by atoms with van der Waals surface area (Å²) in [6, 6.07) is 3.96. The molecule has 0 aliphatic rings. The summed E-state index contributed by atoms with van der Waals surface area (Å²) in [5.41, 5.74) is -0.594. The molecule has 0 fully saturated rings. The standard InChI is InChI=1S/C10H8N4O3/c15-9-3-2-7(10(16)17)13-14(9)6-8-11-4-1-5-12-8/h1-5H,6H2,(H,16,17). The summed E-state index contributed by atoms with van der Waals surface area (Å²) < 4.78 is 1.01. The first-order chi connectivity index (χ1) is 8.16. The second kappa shape index (κ2) is 4.52. The van der Waals surface area contributed by atoms with Gasteiger partial charge in [-0.05, 0) is 12.1 Å². The second-order valence-electron chi connectivity index (χ2n) is 3.18. The number of carbonyl (C=O) groups is 1. The van der Waals surface area contributed by atoms with Crippen LogP contribution in [0.2, 0.25) is 0 Å². The molecular formula is C10H8N4O3. The van der Waals surface area contributed by atoms with Crippen molar-refractivity contribution in [2.45, 2.75) is 6.54 Å². The van der Waals surface area contributed by atoms with Gasteiger partial charge in [0.1, 0.15) is 12.4 Å². The largest absolute Gasteiger partial charge is 0.476 e. The van der Waals surface area contributed by atoms with Crippen LogP contribution in [-0.2, 0) is 6.54 Å². The van der Waals surface area contributed by atoms with E-state index in [0.29, 0.717) is 5.82 Å². The van der Waals surface area contributed by atoms with E-state index < -0.39 is 11.5 Å². The third-order valence-electron chi connectivity index (χ3n) is 2.00. The molecule has 0 unspecified atom stereocenters. The van der Waals surface area contributed by atoms with Crippen molar-refractivity contribution in [2.24, 2.45) is 0 Å². The molecule has 0 saturated carbocycles. The van der Waals surface area contributed by atoms with E-state index in [4.69, 9.17) is 5.11 Å². The lowest BCUT2D eigenvalue weighted by Crippen LogP contribution is -2.25.